The summed E-state index contributed by atoms with van der Waals surface area (Å²) in [6, 6.07) is 24.1. The number of ether oxygens (including phenoxy) is 1. The fraction of sp³-hybridized carbons (Fsp3) is 0.259. The fourth-order valence-corrected chi connectivity index (χ4v) is 6.91. The molecule has 0 bridgehead atoms. The molecule has 7 heteroatoms. The van der Waals surface area contributed by atoms with Crippen molar-refractivity contribution in [1.82, 2.24) is 10.6 Å². The zero-order chi connectivity index (χ0) is 24.7. The fourth-order valence-electron chi connectivity index (χ4n) is 4.01. The number of carbonyl (C=O) groups excluding carboxylic acids is 2. The van der Waals surface area contributed by atoms with E-state index in [0.29, 0.717) is 21.5 Å². The maximum Gasteiger partial charge on any atom is 0.323 e. The van der Waals surface area contributed by atoms with Crippen LogP contribution in [0.15, 0.2) is 84.9 Å². The molecule has 2 N–H and O–H groups in total. The Labute approximate surface area is 201 Å². The predicted molar refractivity (Wildman–Crippen MR) is 136 cm³/mol. The van der Waals surface area contributed by atoms with Gasteiger partial charge in [-0.15, -0.1) is 0 Å². The molecular weight excluding hydrogens is 447 g/mol. The summed E-state index contributed by atoms with van der Waals surface area (Å²) in [4.78, 5) is 25.6. The second-order valence-corrected chi connectivity index (χ2v) is 11.0. The third kappa shape index (κ3) is 5.14. The first-order chi connectivity index (χ1) is 16.3. The average molecular weight is 479 g/mol. The van der Waals surface area contributed by atoms with Crippen LogP contribution in [0, 0.1) is 5.92 Å². The minimum atomic E-state index is -3.35. The molecule has 1 amide bonds. The Morgan fingerprint density at radius 2 is 1.32 bits per heavy atom. The van der Waals surface area contributed by atoms with Crippen LogP contribution < -0.4 is 26.5 Å². The van der Waals surface area contributed by atoms with Gasteiger partial charge in [0.05, 0.1) is 7.11 Å². The van der Waals surface area contributed by atoms with E-state index in [0.717, 1.165) is 0 Å². The molecule has 0 aliphatic heterocycles. The van der Waals surface area contributed by atoms with Crippen LogP contribution in [0.4, 0.5) is 0 Å². The lowest BCUT2D eigenvalue weighted by molar-refractivity contribution is -0.144. The lowest BCUT2D eigenvalue weighted by atomic mass is 9.99. The molecule has 6 nitrogen and oxygen atoms in total. The van der Waals surface area contributed by atoms with E-state index in [9.17, 15) is 9.59 Å². The van der Waals surface area contributed by atoms with Crippen LogP contribution in [-0.4, -0.2) is 32.1 Å². The zero-order valence-corrected chi connectivity index (χ0v) is 20.8. The molecule has 0 saturated carbocycles. The van der Waals surface area contributed by atoms with E-state index in [-0.39, 0.29) is 11.8 Å². The molecule has 3 aromatic carbocycles. The highest BCUT2D eigenvalue weighted by atomic mass is 31.2. The number of likely N-dealkylation sites (N-methyl/N-ethyl adjacent to an activating group) is 1. The first-order valence-corrected chi connectivity index (χ1v) is 12.9. The Bertz CT molecular complexity index is 1120. The maximum absolute atomic E-state index is 15.0. The summed E-state index contributed by atoms with van der Waals surface area (Å²) in [5.74, 6) is -0.938. The lowest BCUT2D eigenvalue weighted by Crippen LogP contribution is -2.49. The van der Waals surface area contributed by atoms with Crippen molar-refractivity contribution in [3.8, 4) is 0 Å². The largest absolute Gasteiger partial charge is 0.468 e. The number of amides is 1. The van der Waals surface area contributed by atoms with Crippen molar-refractivity contribution in [1.29, 1.82) is 0 Å². The minimum Gasteiger partial charge on any atom is -0.468 e. The normalized spacial score (nSPS) is 13.2. The van der Waals surface area contributed by atoms with Gasteiger partial charge in [-0.05, 0) is 11.5 Å². The van der Waals surface area contributed by atoms with Crippen LogP contribution in [0.5, 0.6) is 0 Å². The molecule has 0 spiro atoms. The van der Waals surface area contributed by atoms with E-state index in [1.165, 1.54) is 14.2 Å². The van der Waals surface area contributed by atoms with Crippen molar-refractivity contribution >= 4 is 34.9 Å². The van der Waals surface area contributed by atoms with E-state index >= 15 is 4.57 Å². The van der Waals surface area contributed by atoms with Crippen LogP contribution in [0.1, 0.15) is 25.5 Å². The van der Waals surface area contributed by atoms with Gasteiger partial charge in [-0.2, -0.15) is 0 Å². The zero-order valence-electron chi connectivity index (χ0n) is 19.9. The molecule has 1 unspecified atom stereocenters. The van der Waals surface area contributed by atoms with Crippen molar-refractivity contribution in [3.05, 3.63) is 90.5 Å². The molecule has 0 aromatic heterocycles. The summed E-state index contributed by atoms with van der Waals surface area (Å²) in [5.41, 5.74) is 0.549. The number of esters is 1. The highest BCUT2D eigenvalue weighted by Crippen LogP contribution is 2.44. The Morgan fingerprint density at radius 1 is 0.824 bits per heavy atom. The van der Waals surface area contributed by atoms with Crippen LogP contribution in [0.2, 0.25) is 0 Å². The van der Waals surface area contributed by atoms with Gasteiger partial charge in [-0.3, -0.25) is 14.9 Å². The summed E-state index contributed by atoms with van der Waals surface area (Å²) in [6.45, 7) is 3.75. The predicted octanol–water partition coefficient (Wildman–Crippen LogP) is 2.90. The van der Waals surface area contributed by atoms with Crippen molar-refractivity contribution < 1.29 is 18.9 Å². The quantitative estimate of drug-likeness (QED) is 0.365. The molecule has 0 saturated heterocycles. The van der Waals surface area contributed by atoms with Crippen molar-refractivity contribution in [2.75, 3.05) is 14.2 Å². The van der Waals surface area contributed by atoms with Crippen LogP contribution in [0.3, 0.4) is 0 Å². The molecule has 0 aliphatic carbocycles. The van der Waals surface area contributed by atoms with E-state index in [4.69, 9.17) is 4.74 Å². The SMILES string of the molecule is CNC(=O)[C@@H](NC(C(=O)OC)C(C)C)c1ccccc1P(=O)(c1ccccc1)c1ccccc1. The number of hydrogen-bond acceptors (Lipinski definition) is 5. The van der Waals surface area contributed by atoms with Gasteiger partial charge in [0.15, 0.2) is 7.14 Å². The van der Waals surface area contributed by atoms with E-state index in [1.54, 1.807) is 18.2 Å². The van der Waals surface area contributed by atoms with Crippen molar-refractivity contribution in [2.45, 2.75) is 25.9 Å². The highest BCUT2D eigenvalue weighted by Gasteiger charge is 2.37. The van der Waals surface area contributed by atoms with Crippen LogP contribution in [-0.2, 0) is 18.9 Å². The standard InChI is InChI=1S/C27H31N2O4P/c1-19(2)24(27(31)33-4)29-25(26(30)28-3)22-17-11-12-18-23(22)34(32,20-13-7-5-8-14-20)21-15-9-6-10-16-21/h5-19,24-25,29H,1-4H3,(H,28,30)/t24?,25-/m0/s1. The third-order valence-electron chi connectivity index (χ3n) is 5.80. The van der Waals surface area contributed by atoms with Gasteiger partial charge in [0.2, 0.25) is 5.91 Å². The van der Waals surface area contributed by atoms with Gasteiger partial charge in [-0.25, -0.2) is 0 Å². The molecule has 178 valence electrons. The van der Waals surface area contributed by atoms with E-state index < -0.39 is 25.2 Å². The first-order valence-electron chi connectivity index (χ1n) is 11.2. The van der Waals surface area contributed by atoms with Gasteiger partial charge < -0.3 is 14.6 Å². The summed E-state index contributed by atoms with van der Waals surface area (Å²) >= 11 is 0. The van der Waals surface area contributed by atoms with Gasteiger partial charge in [0, 0.05) is 23.0 Å². The van der Waals surface area contributed by atoms with E-state index in [2.05, 4.69) is 10.6 Å². The third-order valence-corrected chi connectivity index (χ3v) is 8.94. The van der Waals surface area contributed by atoms with E-state index in [1.807, 2.05) is 80.6 Å². The smallest absolute Gasteiger partial charge is 0.323 e. The summed E-state index contributed by atoms with van der Waals surface area (Å²) in [7, 11) is -0.494. The topological polar surface area (TPSA) is 84.5 Å². The summed E-state index contributed by atoms with van der Waals surface area (Å²) < 4.78 is 20.0. The van der Waals surface area contributed by atoms with Gasteiger partial charge in [0.1, 0.15) is 12.1 Å². The second kappa shape index (κ2) is 11.3. The highest BCUT2D eigenvalue weighted by molar-refractivity contribution is 7.85. The number of hydrogen-bond donors (Lipinski definition) is 2. The number of carbonyl (C=O) groups is 2. The number of benzene rings is 3. The first kappa shape index (κ1) is 25.4. The minimum absolute atomic E-state index is 0.137. The molecule has 2 atom stereocenters. The Balaban J connectivity index is 2.25. The maximum atomic E-state index is 15.0. The molecule has 0 radical (unpaired) electrons. The van der Waals surface area contributed by atoms with Crippen molar-refractivity contribution in [2.24, 2.45) is 5.92 Å². The molecule has 34 heavy (non-hydrogen) atoms. The summed E-state index contributed by atoms with van der Waals surface area (Å²) in [6.07, 6.45) is 0. The Hall–Kier alpha value is -3.21. The number of nitrogens with one attached hydrogen (secondary N) is 2. The molecule has 0 fully saturated rings. The average Bonchev–Trinajstić information content (AvgIpc) is 2.89. The molecular formula is C27H31N2O4P. The van der Waals surface area contributed by atoms with Gasteiger partial charge >= 0.3 is 5.97 Å². The monoisotopic (exact) mass is 478 g/mol. The number of rotatable bonds is 9. The summed E-state index contributed by atoms with van der Waals surface area (Å²) in [5, 5.41) is 7.73. The van der Waals surface area contributed by atoms with Crippen LogP contribution >= 0.6 is 7.14 Å². The molecule has 0 heterocycles. The molecule has 0 aliphatic rings. The Kier molecular flexibility index (Phi) is 8.43. The lowest BCUT2D eigenvalue weighted by Gasteiger charge is -2.29. The molecule has 3 aromatic rings. The number of methoxy groups -OCH3 is 1. The van der Waals surface area contributed by atoms with Gasteiger partial charge in [0.25, 0.3) is 0 Å². The van der Waals surface area contributed by atoms with Crippen molar-refractivity contribution in [3.63, 3.8) is 0 Å². The van der Waals surface area contributed by atoms with Crippen LogP contribution in [0.25, 0.3) is 0 Å². The second-order valence-electron chi connectivity index (χ2n) is 8.30. The van der Waals surface area contributed by atoms with Gasteiger partial charge in [-0.1, -0.05) is 98.8 Å². The Morgan fingerprint density at radius 3 is 1.79 bits per heavy atom. The molecule has 3 rings (SSSR count).